The number of benzene rings is 2. The quantitative estimate of drug-likeness (QED) is 0.273. The zero-order valence-electron chi connectivity index (χ0n) is 17.6. The molecule has 3 aromatic rings. The minimum Gasteiger partial charge on any atom is -0.478 e. The highest BCUT2D eigenvalue weighted by atomic mass is 35.5. The maximum Gasteiger partial charge on any atom is 0.432 e. The van der Waals surface area contributed by atoms with E-state index in [0.29, 0.717) is 16.5 Å². The number of hydrogen-bond donors (Lipinski definition) is 3. The smallest absolute Gasteiger partial charge is 0.432 e. The molecule has 0 saturated carbocycles. The predicted molar refractivity (Wildman–Crippen MR) is 132 cm³/mol. The van der Waals surface area contributed by atoms with Crippen LogP contribution < -0.4 is 5.32 Å². The molecular weight excluding hydrogens is 548 g/mol. The van der Waals surface area contributed by atoms with Crippen LogP contribution in [-0.2, 0) is 9.84 Å². The number of carboxylic acids is 1. The number of sulfone groups is 1. The van der Waals surface area contributed by atoms with E-state index in [1.807, 2.05) is 0 Å². The third-order valence-corrected chi connectivity index (χ3v) is 7.43. The van der Waals surface area contributed by atoms with Crippen molar-refractivity contribution in [3.05, 3.63) is 75.1 Å². The summed E-state index contributed by atoms with van der Waals surface area (Å²) in [7, 11) is -3.88. The number of allylic oxidation sites excluding steroid dienone is 1. The average Bonchev–Trinajstić information content (AvgIpc) is 3.24. The van der Waals surface area contributed by atoms with Gasteiger partial charge < -0.3 is 10.4 Å². The van der Waals surface area contributed by atoms with Gasteiger partial charge in [0, 0.05) is 16.2 Å². The molecule has 0 aliphatic rings. The van der Waals surface area contributed by atoms with Crippen LogP contribution in [0.2, 0.25) is 10.0 Å². The zero-order valence-corrected chi connectivity index (χ0v) is 20.7. The van der Waals surface area contributed by atoms with Gasteiger partial charge in [-0.25, -0.2) is 13.2 Å². The molecule has 3 rings (SSSR count). The largest absolute Gasteiger partial charge is 0.478 e. The number of anilines is 1. The van der Waals surface area contributed by atoms with Crippen LogP contribution in [0.4, 0.5) is 18.9 Å². The third kappa shape index (κ3) is 6.43. The molecule has 1 heterocycles. The van der Waals surface area contributed by atoms with Crippen LogP contribution in [0.5, 0.6) is 0 Å². The van der Waals surface area contributed by atoms with Gasteiger partial charge in [-0.3, -0.25) is 5.41 Å². The van der Waals surface area contributed by atoms with Crippen LogP contribution in [0.1, 0.15) is 15.2 Å². The third-order valence-electron chi connectivity index (χ3n) is 4.56. The topological polar surface area (TPSA) is 107 Å². The van der Waals surface area contributed by atoms with Gasteiger partial charge in [0.05, 0.1) is 31.7 Å². The maximum atomic E-state index is 13.1. The van der Waals surface area contributed by atoms with Crippen molar-refractivity contribution in [2.75, 3.05) is 11.6 Å². The van der Waals surface area contributed by atoms with Gasteiger partial charge in [-0.15, -0.1) is 11.3 Å². The zero-order chi connectivity index (χ0) is 26.1. The number of hydrogen-bond acceptors (Lipinski definition) is 6. The van der Waals surface area contributed by atoms with Gasteiger partial charge in [0.2, 0.25) is 0 Å². The molecule has 0 spiro atoms. The number of halogens is 5. The summed E-state index contributed by atoms with van der Waals surface area (Å²) in [5.41, 5.74) is -1.56. The van der Waals surface area contributed by atoms with Crippen molar-refractivity contribution in [3.8, 4) is 10.4 Å². The Morgan fingerprint density at radius 3 is 2.40 bits per heavy atom. The van der Waals surface area contributed by atoms with Crippen LogP contribution in [0.25, 0.3) is 16.1 Å². The molecule has 1 aromatic heterocycles. The Hall–Kier alpha value is -2.86. The molecule has 184 valence electrons. The number of thiophene rings is 1. The summed E-state index contributed by atoms with van der Waals surface area (Å²) >= 11 is 13.1. The van der Waals surface area contributed by atoms with Crippen molar-refractivity contribution in [2.24, 2.45) is 0 Å². The first-order chi connectivity index (χ1) is 16.2. The van der Waals surface area contributed by atoms with E-state index in [1.165, 1.54) is 42.5 Å². The molecule has 0 atom stereocenters. The van der Waals surface area contributed by atoms with E-state index < -0.39 is 38.2 Å². The van der Waals surface area contributed by atoms with E-state index in [-0.39, 0.29) is 26.3 Å². The number of aromatic carboxylic acids is 1. The number of alkyl halides is 3. The first kappa shape index (κ1) is 26.7. The standard InChI is InChI=1S/C22H15Cl2F3N2O4S2/c1-35(32,33)19-8-11(2-4-13(19)21(30)31)17-6-7-18(34-17)16(10-20(28)22(25,26)27)29-15-9-12(23)3-5-14(15)24/h2-10,28-29H,1H3,(H,30,31)/b16-10-,28-20?. The lowest BCUT2D eigenvalue weighted by Gasteiger charge is -2.13. The van der Waals surface area contributed by atoms with Gasteiger partial charge in [-0.1, -0.05) is 29.3 Å². The lowest BCUT2D eigenvalue weighted by Crippen LogP contribution is -2.20. The van der Waals surface area contributed by atoms with E-state index in [4.69, 9.17) is 28.6 Å². The normalized spacial score (nSPS) is 12.5. The molecule has 0 aliphatic heterocycles. The van der Waals surface area contributed by atoms with E-state index in [0.717, 1.165) is 23.7 Å². The van der Waals surface area contributed by atoms with Crippen LogP contribution in [-0.4, -0.2) is 37.6 Å². The Kier molecular flexibility index (Phi) is 7.65. The Morgan fingerprint density at radius 1 is 1.11 bits per heavy atom. The van der Waals surface area contributed by atoms with E-state index in [9.17, 15) is 31.5 Å². The molecule has 0 saturated heterocycles. The SMILES string of the molecule is CS(=O)(=O)c1cc(-c2ccc(/C(=C/C(=N)C(F)(F)F)Nc3cc(Cl)ccc3Cl)s2)ccc1C(=O)O. The molecule has 13 heteroatoms. The summed E-state index contributed by atoms with van der Waals surface area (Å²) in [6.45, 7) is 0. The molecule has 35 heavy (non-hydrogen) atoms. The second kappa shape index (κ2) is 10.0. The Balaban J connectivity index is 2.10. The Labute approximate surface area is 212 Å². The fraction of sp³-hybridized carbons (Fsp3) is 0.0909. The van der Waals surface area contributed by atoms with Crippen molar-refractivity contribution in [2.45, 2.75) is 11.1 Å². The molecule has 0 aliphatic carbocycles. The van der Waals surface area contributed by atoms with E-state index in [2.05, 4.69) is 5.32 Å². The first-order valence-corrected chi connectivity index (χ1v) is 12.9. The number of nitrogens with one attached hydrogen (secondary N) is 2. The molecule has 2 aromatic carbocycles. The molecule has 0 amide bonds. The highest BCUT2D eigenvalue weighted by molar-refractivity contribution is 7.90. The molecular formula is C22H15Cl2F3N2O4S2. The second-order valence-electron chi connectivity index (χ2n) is 7.17. The summed E-state index contributed by atoms with van der Waals surface area (Å²) < 4.78 is 63.5. The lowest BCUT2D eigenvalue weighted by molar-refractivity contribution is -0.0583. The Bertz CT molecular complexity index is 1470. The predicted octanol–water partition coefficient (Wildman–Crippen LogP) is 6.86. The maximum absolute atomic E-state index is 13.1. The minimum atomic E-state index is -4.90. The van der Waals surface area contributed by atoms with Crippen molar-refractivity contribution >= 4 is 67.4 Å². The number of carbonyl (C=O) groups is 1. The summed E-state index contributed by atoms with van der Waals surface area (Å²) in [5, 5.41) is 19.9. The van der Waals surface area contributed by atoms with Gasteiger partial charge in [0.1, 0.15) is 5.71 Å². The monoisotopic (exact) mass is 562 g/mol. The molecule has 0 unspecified atom stereocenters. The molecule has 0 fully saturated rings. The van der Waals surface area contributed by atoms with Gasteiger partial charge in [-0.05, 0) is 54.1 Å². The molecule has 3 N–H and O–H groups in total. The van der Waals surface area contributed by atoms with Gasteiger partial charge in [-0.2, -0.15) is 13.2 Å². The number of carboxylic acid groups (broad SMARTS) is 1. The fourth-order valence-electron chi connectivity index (χ4n) is 2.93. The molecule has 0 bridgehead atoms. The summed E-state index contributed by atoms with van der Waals surface area (Å²) in [5.74, 6) is -1.41. The van der Waals surface area contributed by atoms with Crippen LogP contribution in [0.3, 0.4) is 0 Å². The molecule has 0 radical (unpaired) electrons. The molecule has 6 nitrogen and oxygen atoms in total. The van der Waals surface area contributed by atoms with Crippen molar-refractivity contribution in [1.82, 2.24) is 0 Å². The average molecular weight is 563 g/mol. The number of rotatable bonds is 7. The van der Waals surface area contributed by atoms with Gasteiger partial charge >= 0.3 is 12.1 Å². The minimum absolute atomic E-state index is 0.0989. The van der Waals surface area contributed by atoms with E-state index >= 15 is 0 Å². The first-order valence-electron chi connectivity index (χ1n) is 9.44. The van der Waals surface area contributed by atoms with Crippen LogP contribution >= 0.6 is 34.5 Å². The van der Waals surface area contributed by atoms with Crippen molar-refractivity contribution in [3.63, 3.8) is 0 Å². The van der Waals surface area contributed by atoms with Crippen LogP contribution in [0.15, 0.2) is 59.5 Å². The lowest BCUT2D eigenvalue weighted by atomic mass is 10.1. The van der Waals surface area contributed by atoms with Gasteiger partial charge in [0.15, 0.2) is 9.84 Å². The highest BCUT2D eigenvalue weighted by Gasteiger charge is 2.33. The van der Waals surface area contributed by atoms with Crippen LogP contribution in [0, 0.1) is 5.41 Å². The highest BCUT2D eigenvalue weighted by Crippen LogP contribution is 2.36. The van der Waals surface area contributed by atoms with Crippen molar-refractivity contribution in [1.29, 1.82) is 5.41 Å². The summed E-state index contributed by atoms with van der Waals surface area (Å²) in [6.07, 6.45) is -3.43. The fourth-order valence-corrected chi connectivity index (χ4v) is 5.14. The second-order valence-corrected chi connectivity index (χ2v) is 11.1. The summed E-state index contributed by atoms with van der Waals surface area (Å²) in [4.78, 5) is 11.7. The van der Waals surface area contributed by atoms with E-state index in [1.54, 1.807) is 0 Å². The van der Waals surface area contributed by atoms with Gasteiger partial charge in [0.25, 0.3) is 0 Å². The van der Waals surface area contributed by atoms with Crippen molar-refractivity contribution < 1.29 is 31.5 Å². The summed E-state index contributed by atoms with van der Waals surface area (Å²) in [6, 6.07) is 11.1. The Morgan fingerprint density at radius 2 is 1.80 bits per heavy atom.